The molecule has 31 heavy (non-hydrogen) atoms. The number of esters is 1. The molecule has 3 aromatic rings. The van der Waals surface area contributed by atoms with Gasteiger partial charge >= 0.3 is 5.97 Å². The number of nitrogens with zero attached hydrogens (tertiary/aromatic N) is 1. The quantitative estimate of drug-likeness (QED) is 0.531. The summed E-state index contributed by atoms with van der Waals surface area (Å²) in [4.78, 5) is 12.5. The fraction of sp³-hybridized carbons (Fsp3) is 0.208. The third kappa shape index (κ3) is 3.45. The molecule has 1 saturated heterocycles. The number of hydrogen-bond acceptors (Lipinski definition) is 4. The molecule has 1 fully saturated rings. The standard InChI is InChI=1S/C24H20ClNO4S/c25-19-9-5-17(6-10-19)18-7-11-20(12-8-18)31(28,29)26-15-13-24(14-16-26)22-4-2-1-3-21(22)23(27)30-24/h1-12H,13-16H2. The minimum atomic E-state index is -3.63. The van der Waals surface area contributed by atoms with Crippen molar-refractivity contribution in [1.82, 2.24) is 4.31 Å². The monoisotopic (exact) mass is 453 g/mol. The normalized spacial score (nSPS) is 18.0. The molecule has 5 nitrogen and oxygen atoms in total. The van der Waals surface area contributed by atoms with Crippen molar-refractivity contribution in [2.45, 2.75) is 23.3 Å². The molecule has 1 spiro atoms. The van der Waals surface area contributed by atoms with Crippen molar-refractivity contribution in [2.24, 2.45) is 0 Å². The minimum absolute atomic E-state index is 0.255. The molecule has 0 aromatic heterocycles. The van der Waals surface area contributed by atoms with Crippen molar-refractivity contribution in [2.75, 3.05) is 13.1 Å². The zero-order valence-electron chi connectivity index (χ0n) is 16.6. The number of rotatable bonds is 3. The smallest absolute Gasteiger partial charge is 0.339 e. The first kappa shape index (κ1) is 20.2. The average molecular weight is 454 g/mol. The van der Waals surface area contributed by atoms with Crippen molar-refractivity contribution in [1.29, 1.82) is 0 Å². The fourth-order valence-corrected chi connectivity index (χ4v) is 5.98. The van der Waals surface area contributed by atoms with Gasteiger partial charge in [-0.05, 0) is 41.5 Å². The van der Waals surface area contributed by atoms with Gasteiger partial charge in [-0.1, -0.05) is 54.1 Å². The topological polar surface area (TPSA) is 63.7 Å². The molecule has 3 aromatic carbocycles. The molecule has 2 aliphatic heterocycles. The molecule has 0 N–H and O–H groups in total. The molecule has 158 valence electrons. The number of halogens is 1. The predicted molar refractivity (Wildman–Crippen MR) is 118 cm³/mol. The minimum Gasteiger partial charge on any atom is -0.450 e. The van der Waals surface area contributed by atoms with Crippen LogP contribution in [0.5, 0.6) is 0 Å². The summed E-state index contributed by atoms with van der Waals surface area (Å²) in [7, 11) is -3.63. The Kier molecular flexibility index (Phi) is 4.88. The first-order valence-corrected chi connectivity index (χ1v) is 11.9. The summed E-state index contributed by atoms with van der Waals surface area (Å²) in [6, 6.07) is 21.6. The Morgan fingerprint density at radius 3 is 2.06 bits per heavy atom. The van der Waals surface area contributed by atoms with Crippen LogP contribution in [0.3, 0.4) is 0 Å². The maximum absolute atomic E-state index is 13.2. The van der Waals surface area contributed by atoms with Crippen molar-refractivity contribution in [3.8, 4) is 11.1 Å². The highest BCUT2D eigenvalue weighted by atomic mass is 35.5. The largest absolute Gasteiger partial charge is 0.450 e. The van der Waals surface area contributed by atoms with Gasteiger partial charge < -0.3 is 4.74 Å². The highest BCUT2D eigenvalue weighted by molar-refractivity contribution is 7.89. The van der Waals surface area contributed by atoms with Gasteiger partial charge in [0.2, 0.25) is 10.0 Å². The van der Waals surface area contributed by atoms with E-state index >= 15 is 0 Å². The Bertz CT molecular complexity index is 1250. The van der Waals surface area contributed by atoms with Gasteiger partial charge in [0.25, 0.3) is 0 Å². The van der Waals surface area contributed by atoms with Crippen LogP contribution < -0.4 is 0 Å². The van der Waals surface area contributed by atoms with Crippen LogP contribution in [-0.2, 0) is 20.4 Å². The summed E-state index contributed by atoms with van der Waals surface area (Å²) in [5.74, 6) is -0.329. The number of ether oxygens (including phenoxy) is 1. The van der Waals surface area contributed by atoms with Crippen molar-refractivity contribution in [3.05, 3.63) is 88.9 Å². The number of carbonyl (C=O) groups is 1. The van der Waals surface area contributed by atoms with Crippen molar-refractivity contribution in [3.63, 3.8) is 0 Å². The van der Waals surface area contributed by atoms with Crippen LogP contribution in [0.15, 0.2) is 77.7 Å². The molecule has 2 heterocycles. The van der Waals surface area contributed by atoms with Crippen LogP contribution in [0.25, 0.3) is 11.1 Å². The van der Waals surface area contributed by atoms with Crippen LogP contribution in [0, 0.1) is 0 Å². The fourth-order valence-electron chi connectivity index (χ4n) is 4.42. The molecule has 0 unspecified atom stereocenters. The lowest BCUT2D eigenvalue weighted by molar-refractivity contribution is -0.0329. The second-order valence-electron chi connectivity index (χ2n) is 7.86. The van der Waals surface area contributed by atoms with Crippen molar-refractivity contribution >= 4 is 27.6 Å². The number of fused-ring (bicyclic) bond motifs is 2. The summed E-state index contributed by atoms with van der Waals surface area (Å²) < 4.78 is 33.6. The molecular weight excluding hydrogens is 434 g/mol. The molecule has 0 atom stereocenters. The Morgan fingerprint density at radius 1 is 0.839 bits per heavy atom. The maximum Gasteiger partial charge on any atom is 0.339 e. The first-order valence-electron chi connectivity index (χ1n) is 10.1. The third-order valence-electron chi connectivity index (χ3n) is 6.13. The van der Waals surface area contributed by atoms with Gasteiger partial charge in [0, 0.05) is 36.5 Å². The van der Waals surface area contributed by atoms with E-state index in [1.807, 2.05) is 30.3 Å². The van der Waals surface area contributed by atoms with Gasteiger partial charge in [-0.25, -0.2) is 13.2 Å². The maximum atomic E-state index is 13.2. The summed E-state index contributed by atoms with van der Waals surface area (Å²) in [6.45, 7) is 0.589. The summed E-state index contributed by atoms with van der Waals surface area (Å²) in [6.07, 6.45) is 0.885. The average Bonchev–Trinajstić information content (AvgIpc) is 3.06. The van der Waals surface area contributed by atoms with Crippen LogP contribution >= 0.6 is 11.6 Å². The second kappa shape index (κ2) is 7.48. The summed E-state index contributed by atoms with van der Waals surface area (Å²) >= 11 is 5.94. The van der Waals surface area contributed by atoms with E-state index in [1.54, 1.807) is 42.5 Å². The van der Waals surface area contributed by atoms with Gasteiger partial charge in [-0.2, -0.15) is 4.31 Å². The lowest BCUT2D eigenvalue weighted by Crippen LogP contribution is -2.45. The Hall–Kier alpha value is -2.67. The Balaban J connectivity index is 1.35. The van der Waals surface area contributed by atoms with E-state index in [0.29, 0.717) is 36.5 Å². The molecule has 0 aliphatic carbocycles. The van der Waals surface area contributed by atoms with Crippen LogP contribution in [0.1, 0.15) is 28.8 Å². The predicted octanol–water partition coefficient (Wildman–Crippen LogP) is 4.86. The summed E-state index contributed by atoms with van der Waals surface area (Å²) in [5.41, 5.74) is 2.61. The number of hydrogen-bond donors (Lipinski definition) is 0. The summed E-state index contributed by atoms with van der Waals surface area (Å²) in [5, 5.41) is 0.654. The van der Waals surface area contributed by atoms with E-state index < -0.39 is 15.6 Å². The molecule has 7 heteroatoms. The van der Waals surface area contributed by atoms with Gasteiger partial charge in [0.1, 0.15) is 5.60 Å². The van der Waals surface area contributed by atoms with E-state index in [1.165, 1.54) is 4.31 Å². The van der Waals surface area contributed by atoms with Crippen molar-refractivity contribution < 1.29 is 17.9 Å². The Morgan fingerprint density at radius 2 is 1.42 bits per heavy atom. The van der Waals surface area contributed by atoms with E-state index in [0.717, 1.165) is 16.7 Å². The van der Waals surface area contributed by atoms with Gasteiger partial charge in [0.05, 0.1) is 10.5 Å². The molecule has 0 bridgehead atoms. The molecule has 5 rings (SSSR count). The molecule has 0 amide bonds. The lowest BCUT2D eigenvalue weighted by Gasteiger charge is -2.37. The molecule has 0 radical (unpaired) electrons. The Labute approximate surface area is 186 Å². The second-order valence-corrected chi connectivity index (χ2v) is 10.2. The zero-order valence-corrected chi connectivity index (χ0v) is 18.2. The number of sulfonamides is 1. The number of carbonyl (C=O) groups excluding carboxylic acids is 1. The van der Waals surface area contributed by atoms with Gasteiger partial charge in [-0.3, -0.25) is 0 Å². The highest BCUT2D eigenvalue weighted by Crippen LogP contribution is 2.44. The van der Waals surface area contributed by atoms with Crippen LogP contribution in [0.2, 0.25) is 5.02 Å². The first-order chi connectivity index (χ1) is 14.9. The van der Waals surface area contributed by atoms with E-state index in [2.05, 4.69) is 0 Å². The van der Waals surface area contributed by atoms with E-state index in [4.69, 9.17) is 16.3 Å². The highest BCUT2D eigenvalue weighted by Gasteiger charge is 2.48. The number of piperidine rings is 1. The molecule has 0 saturated carbocycles. The number of benzene rings is 3. The van der Waals surface area contributed by atoms with Gasteiger partial charge in [-0.15, -0.1) is 0 Å². The van der Waals surface area contributed by atoms with Crippen LogP contribution in [0.4, 0.5) is 0 Å². The molecule has 2 aliphatic rings. The van der Waals surface area contributed by atoms with E-state index in [9.17, 15) is 13.2 Å². The third-order valence-corrected chi connectivity index (χ3v) is 8.29. The SMILES string of the molecule is O=C1OC2(CCN(S(=O)(=O)c3ccc(-c4ccc(Cl)cc4)cc3)CC2)c2ccccc21. The zero-order chi connectivity index (χ0) is 21.6. The van der Waals surface area contributed by atoms with Gasteiger partial charge in [0.15, 0.2) is 0 Å². The molecular formula is C24H20ClNO4S. The lowest BCUT2D eigenvalue weighted by atomic mass is 9.84. The van der Waals surface area contributed by atoms with Crippen LogP contribution in [-0.4, -0.2) is 31.8 Å². The van der Waals surface area contributed by atoms with E-state index in [-0.39, 0.29) is 10.9 Å².